The number of hydrogen-bond acceptors (Lipinski definition) is 3. The third kappa shape index (κ3) is 2.15. The first kappa shape index (κ1) is 14.9. The second-order valence-electron chi connectivity index (χ2n) is 6.37. The molecule has 22 heavy (non-hydrogen) atoms. The minimum absolute atomic E-state index is 0.0451. The predicted molar refractivity (Wildman–Crippen MR) is 80.4 cm³/mol. The molecule has 2 aliphatic rings. The molecule has 0 radical (unpaired) electrons. The fourth-order valence-corrected chi connectivity index (χ4v) is 3.83. The predicted octanol–water partition coefficient (Wildman–Crippen LogP) is 0.167. The summed E-state index contributed by atoms with van der Waals surface area (Å²) in [4.78, 5) is 40.6. The van der Waals surface area contributed by atoms with Crippen molar-refractivity contribution in [2.45, 2.75) is 44.6 Å². The third-order valence-electron chi connectivity index (χ3n) is 5.04. The molecule has 3 heterocycles. The van der Waals surface area contributed by atoms with Crippen molar-refractivity contribution in [1.29, 1.82) is 0 Å². The standard InChI is InChI=1S/C15H22N4O3/c1-10-11(13(21)17-16-10)9-12(20)19-8-4-6-15(19)5-3-7-18(2)14(15)22/h3-9H2,1-2H3,(H2,16,17,21). The molecule has 7 nitrogen and oxygen atoms in total. The molecule has 1 aromatic rings. The summed E-state index contributed by atoms with van der Waals surface area (Å²) in [6.07, 6.45) is 3.25. The Bertz CT molecular complexity index is 662. The van der Waals surface area contributed by atoms with Crippen LogP contribution in [0.3, 0.4) is 0 Å². The van der Waals surface area contributed by atoms with E-state index in [0.29, 0.717) is 17.8 Å². The second-order valence-corrected chi connectivity index (χ2v) is 6.37. The molecule has 0 aromatic carbocycles. The lowest BCUT2D eigenvalue weighted by atomic mass is 9.85. The van der Waals surface area contributed by atoms with E-state index >= 15 is 0 Å². The van der Waals surface area contributed by atoms with Crippen LogP contribution in [-0.2, 0) is 16.0 Å². The number of nitrogens with zero attached hydrogens (tertiary/aromatic N) is 2. The Morgan fingerprint density at radius 1 is 1.18 bits per heavy atom. The number of likely N-dealkylation sites (tertiary alicyclic amines) is 2. The first-order valence-electron chi connectivity index (χ1n) is 7.78. The van der Waals surface area contributed by atoms with Crippen LogP contribution in [-0.4, -0.2) is 57.5 Å². The highest BCUT2D eigenvalue weighted by atomic mass is 16.2. The first-order valence-corrected chi connectivity index (χ1v) is 7.78. The zero-order chi connectivity index (χ0) is 15.9. The number of carbonyl (C=O) groups excluding carboxylic acids is 2. The van der Waals surface area contributed by atoms with E-state index in [9.17, 15) is 14.4 Å². The van der Waals surface area contributed by atoms with Gasteiger partial charge in [0.2, 0.25) is 11.8 Å². The van der Waals surface area contributed by atoms with Gasteiger partial charge in [-0.25, -0.2) is 0 Å². The number of aromatic nitrogens is 2. The van der Waals surface area contributed by atoms with Crippen molar-refractivity contribution < 1.29 is 9.59 Å². The molecule has 0 bridgehead atoms. The van der Waals surface area contributed by atoms with Crippen molar-refractivity contribution in [3.8, 4) is 0 Å². The number of H-pyrrole nitrogens is 2. The fraction of sp³-hybridized carbons (Fsp3) is 0.667. The normalized spacial score (nSPS) is 25.3. The smallest absolute Gasteiger partial charge is 0.267 e. The maximum atomic E-state index is 12.7. The van der Waals surface area contributed by atoms with Gasteiger partial charge in [0, 0.05) is 31.4 Å². The molecule has 2 aliphatic heterocycles. The van der Waals surface area contributed by atoms with E-state index in [0.717, 1.165) is 32.2 Å². The summed E-state index contributed by atoms with van der Waals surface area (Å²) in [6, 6.07) is 0. The van der Waals surface area contributed by atoms with Crippen LogP contribution in [0.4, 0.5) is 0 Å². The molecule has 1 aromatic heterocycles. The van der Waals surface area contributed by atoms with Crippen LogP contribution in [0.5, 0.6) is 0 Å². The van der Waals surface area contributed by atoms with Gasteiger partial charge in [0.15, 0.2) is 0 Å². The van der Waals surface area contributed by atoms with Crippen molar-refractivity contribution in [3.05, 3.63) is 21.6 Å². The van der Waals surface area contributed by atoms with E-state index in [-0.39, 0.29) is 23.8 Å². The van der Waals surface area contributed by atoms with Crippen molar-refractivity contribution >= 4 is 11.8 Å². The van der Waals surface area contributed by atoms with Crippen LogP contribution < -0.4 is 5.56 Å². The summed E-state index contributed by atoms with van der Waals surface area (Å²) in [5.41, 5.74) is 0.203. The van der Waals surface area contributed by atoms with Crippen LogP contribution in [0.1, 0.15) is 36.9 Å². The van der Waals surface area contributed by atoms with E-state index in [4.69, 9.17) is 0 Å². The first-order chi connectivity index (χ1) is 10.5. The molecule has 1 spiro atoms. The van der Waals surface area contributed by atoms with E-state index in [1.165, 1.54) is 0 Å². The minimum Gasteiger partial charge on any atom is -0.344 e. The summed E-state index contributed by atoms with van der Waals surface area (Å²) in [5, 5.41) is 5.23. The lowest BCUT2D eigenvalue weighted by molar-refractivity contribution is -0.153. The van der Waals surface area contributed by atoms with Gasteiger partial charge in [0.1, 0.15) is 5.54 Å². The Kier molecular flexibility index (Phi) is 3.58. The van der Waals surface area contributed by atoms with Crippen LogP contribution in [0.25, 0.3) is 0 Å². The molecule has 0 aliphatic carbocycles. The fourth-order valence-electron chi connectivity index (χ4n) is 3.83. The van der Waals surface area contributed by atoms with Crippen molar-refractivity contribution in [1.82, 2.24) is 20.0 Å². The molecule has 1 unspecified atom stereocenters. The number of hydrogen-bond donors (Lipinski definition) is 2. The summed E-state index contributed by atoms with van der Waals surface area (Å²) < 4.78 is 0. The molecule has 2 saturated heterocycles. The van der Waals surface area contributed by atoms with E-state index in [1.54, 1.807) is 23.8 Å². The van der Waals surface area contributed by atoms with Crippen LogP contribution in [0.15, 0.2) is 4.79 Å². The SMILES string of the molecule is Cc1[nH][nH]c(=O)c1CC(=O)N1CCCC12CCCN(C)C2=O. The van der Waals surface area contributed by atoms with Gasteiger partial charge in [-0.05, 0) is 32.6 Å². The van der Waals surface area contributed by atoms with Gasteiger partial charge in [-0.15, -0.1) is 0 Å². The number of carbonyl (C=O) groups is 2. The molecule has 0 saturated carbocycles. The van der Waals surface area contributed by atoms with E-state index in [1.807, 2.05) is 0 Å². The van der Waals surface area contributed by atoms with Gasteiger partial charge in [-0.1, -0.05) is 0 Å². The number of rotatable bonds is 2. The number of nitrogens with one attached hydrogen (secondary N) is 2. The highest BCUT2D eigenvalue weighted by molar-refractivity contribution is 5.93. The monoisotopic (exact) mass is 306 g/mol. The molecule has 2 fully saturated rings. The lowest BCUT2D eigenvalue weighted by Crippen LogP contribution is -2.60. The molecule has 1 atom stereocenters. The molecule has 2 N–H and O–H groups in total. The Hall–Kier alpha value is -2.05. The Labute approximate surface area is 128 Å². The lowest BCUT2D eigenvalue weighted by Gasteiger charge is -2.43. The summed E-state index contributed by atoms with van der Waals surface area (Å²) in [7, 11) is 1.80. The van der Waals surface area contributed by atoms with Crippen LogP contribution in [0, 0.1) is 6.92 Å². The largest absolute Gasteiger partial charge is 0.344 e. The molecular formula is C15H22N4O3. The summed E-state index contributed by atoms with van der Waals surface area (Å²) in [5.74, 6) is -0.0846. The third-order valence-corrected chi connectivity index (χ3v) is 5.04. The average Bonchev–Trinajstić information content (AvgIpc) is 3.04. The zero-order valence-electron chi connectivity index (χ0n) is 13.1. The van der Waals surface area contributed by atoms with Gasteiger partial charge in [-0.2, -0.15) is 0 Å². The van der Waals surface area contributed by atoms with Crippen LogP contribution >= 0.6 is 0 Å². The molecule has 2 amide bonds. The zero-order valence-corrected chi connectivity index (χ0v) is 13.1. The van der Waals surface area contributed by atoms with Gasteiger partial charge < -0.3 is 14.9 Å². The number of aryl methyl sites for hydroxylation is 1. The quantitative estimate of drug-likeness (QED) is 0.816. The number of amides is 2. The average molecular weight is 306 g/mol. The van der Waals surface area contributed by atoms with E-state index in [2.05, 4.69) is 10.2 Å². The molecule has 7 heteroatoms. The van der Waals surface area contributed by atoms with Crippen molar-refractivity contribution in [2.24, 2.45) is 0 Å². The second kappa shape index (κ2) is 5.30. The minimum atomic E-state index is -0.680. The van der Waals surface area contributed by atoms with Gasteiger partial charge in [-0.3, -0.25) is 19.5 Å². The maximum absolute atomic E-state index is 12.7. The highest BCUT2D eigenvalue weighted by Crippen LogP contribution is 2.38. The maximum Gasteiger partial charge on any atom is 0.267 e. The molecular weight excluding hydrogens is 284 g/mol. The Morgan fingerprint density at radius 3 is 2.50 bits per heavy atom. The number of piperidine rings is 1. The van der Waals surface area contributed by atoms with Gasteiger partial charge in [0.25, 0.3) is 5.56 Å². The molecule has 120 valence electrons. The van der Waals surface area contributed by atoms with Crippen LogP contribution in [0.2, 0.25) is 0 Å². The van der Waals surface area contributed by atoms with Crippen molar-refractivity contribution in [2.75, 3.05) is 20.1 Å². The topological polar surface area (TPSA) is 89.3 Å². The van der Waals surface area contributed by atoms with Gasteiger partial charge >= 0.3 is 0 Å². The summed E-state index contributed by atoms with van der Waals surface area (Å²) in [6.45, 7) is 3.11. The Balaban J connectivity index is 1.85. The Morgan fingerprint density at radius 2 is 1.86 bits per heavy atom. The molecule has 3 rings (SSSR count). The number of aromatic amines is 2. The van der Waals surface area contributed by atoms with Gasteiger partial charge in [0.05, 0.1) is 6.42 Å². The number of likely N-dealkylation sites (N-methyl/N-ethyl adjacent to an activating group) is 1. The van der Waals surface area contributed by atoms with E-state index < -0.39 is 5.54 Å². The van der Waals surface area contributed by atoms with Crippen molar-refractivity contribution in [3.63, 3.8) is 0 Å². The summed E-state index contributed by atoms with van der Waals surface area (Å²) >= 11 is 0. The highest BCUT2D eigenvalue weighted by Gasteiger charge is 2.51.